The molecule has 0 saturated heterocycles. The van der Waals surface area contributed by atoms with Crippen molar-refractivity contribution in [2.75, 3.05) is 7.05 Å². The molecule has 0 N–H and O–H groups in total. The van der Waals surface area contributed by atoms with Crippen LogP contribution in [0.4, 0.5) is 0 Å². The molecular weight excluding hydrogens is 86.1 g/mol. The third-order valence-corrected chi connectivity index (χ3v) is 0.791. The summed E-state index contributed by atoms with van der Waals surface area (Å²) in [6, 6.07) is 0. The summed E-state index contributed by atoms with van der Waals surface area (Å²) in [5.41, 5.74) is 0. The van der Waals surface area contributed by atoms with Crippen LogP contribution >= 0.6 is 0 Å². The molecule has 0 fully saturated rings. The van der Waals surface area contributed by atoms with E-state index in [-0.39, 0.29) is 0 Å². The van der Waals surface area contributed by atoms with Gasteiger partial charge in [-0.1, -0.05) is 0 Å². The zero-order chi connectivity index (χ0) is 5.70. The van der Waals surface area contributed by atoms with Crippen LogP contribution in [-0.2, 0) is 0 Å². The summed E-state index contributed by atoms with van der Waals surface area (Å²) in [4.78, 5) is 0. The Labute approximate surface area is 45.0 Å². The van der Waals surface area contributed by atoms with Crippen LogP contribution in [0.2, 0.25) is 0 Å². The smallest absolute Gasteiger partial charge is 0.163 e. The number of rotatable bonds is 1. The van der Waals surface area contributed by atoms with Crippen molar-refractivity contribution in [1.29, 1.82) is 0 Å². The topological polar surface area (TPSA) is 3.01 Å². The van der Waals surface area contributed by atoms with Gasteiger partial charge in [0, 0.05) is 6.92 Å². The molecule has 0 aromatic heterocycles. The van der Waals surface area contributed by atoms with E-state index in [2.05, 4.69) is 0 Å². The van der Waals surface area contributed by atoms with Gasteiger partial charge in [-0.25, -0.2) is 4.58 Å². The second-order valence-electron chi connectivity index (χ2n) is 1.41. The average Bonchev–Trinajstić information content (AvgIpc) is 1.68. The summed E-state index contributed by atoms with van der Waals surface area (Å²) in [6.07, 6.45) is 6.00. The highest BCUT2D eigenvalue weighted by atomic mass is 14.9. The lowest BCUT2D eigenvalue weighted by Crippen LogP contribution is -1.92. The molecular formula is C6H12N+. The lowest BCUT2D eigenvalue weighted by atomic mass is 10.7. The number of nitrogens with zero attached hydrogens (tertiary/aromatic N) is 1. The van der Waals surface area contributed by atoms with Crippen LogP contribution in [-0.4, -0.2) is 17.8 Å². The van der Waals surface area contributed by atoms with Crippen molar-refractivity contribution in [2.45, 2.75) is 13.8 Å². The Kier molecular flexibility index (Phi) is 3.29. The van der Waals surface area contributed by atoms with Gasteiger partial charge in [-0.3, -0.25) is 0 Å². The minimum Gasteiger partial charge on any atom is -0.212 e. The molecule has 0 radical (unpaired) electrons. The van der Waals surface area contributed by atoms with Crippen molar-refractivity contribution < 1.29 is 4.58 Å². The van der Waals surface area contributed by atoms with Gasteiger partial charge in [0.2, 0.25) is 0 Å². The van der Waals surface area contributed by atoms with Gasteiger partial charge in [-0.15, -0.1) is 0 Å². The van der Waals surface area contributed by atoms with E-state index in [0.29, 0.717) is 0 Å². The molecule has 0 spiro atoms. The van der Waals surface area contributed by atoms with Gasteiger partial charge in [0.15, 0.2) is 6.20 Å². The molecule has 0 bridgehead atoms. The standard InChI is InChI=1S/C6H12N/c1-4-6-7(3)5-2/h4-6H,1-3H3/q+1. The van der Waals surface area contributed by atoms with Gasteiger partial charge in [0.05, 0.1) is 0 Å². The van der Waals surface area contributed by atoms with Crippen LogP contribution in [0.5, 0.6) is 0 Å². The Morgan fingerprint density at radius 2 is 1.86 bits per heavy atom. The molecule has 7 heavy (non-hydrogen) atoms. The molecule has 0 aliphatic rings. The molecule has 0 rings (SSSR count). The Morgan fingerprint density at radius 1 is 1.29 bits per heavy atom. The normalized spacial score (nSPS) is 13.3. The molecule has 0 aliphatic carbocycles. The van der Waals surface area contributed by atoms with Crippen molar-refractivity contribution in [3.8, 4) is 0 Å². The third-order valence-electron chi connectivity index (χ3n) is 0.791. The van der Waals surface area contributed by atoms with Crippen molar-refractivity contribution >= 4 is 6.21 Å². The van der Waals surface area contributed by atoms with E-state index in [1.165, 1.54) is 0 Å². The molecule has 0 unspecified atom stereocenters. The second-order valence-corrected chi connectivity index (χ2v) is 1.41. The Morgan fingerprint density at radius 3 is 2.00 bits per heavy atom. The number of allylic oxidation sites excluding steroid dienone is 1. The first-order valence-electron chi connectivity index (χ1n) is 2.45. The lowest BCUT2D eigenvalue weighted by molar-refractivity contribution is -0.417. The van der Waals surface area contributed by atoms with E-state index in [4.69, 9.17) is 0 Å². The van der Waals surface area contributed by atoms with E-state index in [1.54, 1.807) is 0 Å². The maximum absolute atomic E-state index is 2.00. The van der Waals surface area contributed by atoms with Gasteiger partial charge in [-0.2, -0.15) is 0 Å². The predicted octanol–water partition coefficient (Wildman–Crippen LogP) is 1.25. The maximum Gasteiger partial charge on any atom is 0.163 e. The highest BCUT2D eigenvalue weighted by molar-refractivity contribution is 5.46. The van der Waals surface area contributed by atoms with Crippen LogP contribution in [0.1, 0.15) is 13.8 Å². The van der Waals surface area contributed by atoms with E-state index in [9.17, 15) is 0 Å². The van der Waals surface area contributed by atoms with E-state index in [0.717, 1.165) is 0 Å². The highest BCUT2D eigenvalue weighted by Crippen LogP contribution is 1.67. The highest BCUT2D eigenvalue weighted by Gasteiger charge is 1.75. The van der Waals surface area contributed by atoms with E-state index in [1.807, 2.05) is 44.0 Å². The van der Waals surface area contributed by atoms with Crippen LogP contribution in [0.15, 0.2) is 12.3 Å². The van der Waals surface area contributed by atoms with Gasteiger partial charge in [0.25, 0.3) is 0 Å². The quantitative estimate of drug-likeness (QED) is 0.343. The summed E-state index contributed by atoms with van der Waals surface area (Å²) in [5, 5.41) is 0. The van der Waals surface area contributed by atoms with E-state index < -0.39 is 0 Å². The summed E-state index contributed by atoms with van der Waals surface area (Å²) in [6.45, 7) is 4.00. The molecule has 40 valence electrons. The average molecular weight is 98.2 g/mol. The molecule has 1 nitrogen and oxygen atoms in total. The largest absolute Gasteiger partial charge is 0.212 e. The molecule has 0 heterocycles. The van der Waals surface area contributed by atoms with Crippen LogP contribution in [0, 0.1) is 0 Å². The van der Waals surface area contributed by atoms with Crippen molar-refractivity contribution in [3.05, 3.63) is 12.3 Å². The molecule has 1 heteroatoms. The maximum atomic E-state index is 2.00. The summed E-state index contributed by atoms with van der Waals surface area (Å²) in [5.74, 6) is 0. The molecule has 0 aromatic carbocycles. The fourth-order valence-electron chi connectivity index (χ4n) is 0.321. The van der Waals surface area contributed by atoms with Crippen molar-refractivity contribution in [1.82, 2.24) is 0 Å². The second kappa shape index (κ2) is 3.59. The Bertz CT molecular complexity index is 90.4. The zero-order valence-electron chi connectivity index (χ0n) is 5.18. The van der Waals surface area contributed by atoms with E-state index >= 15 is 0 Å². The molecule has 0 amide bonds. The number of hydrogen-bond donors (Lipinski definition) is 0. The molecule has 0 aromatic rings. The minimum absolute atomic E-state index is 2.00. The van der Waals surface area contributed by atoms with Gasteiger partial charge >= 0.3 is 0 Å². The van der Waals surface area contributed by atoms with Gasteiger partial charge < -0.3 is 0 Å². The molecule has 0 saturated carbocycles. The minimum atomic E-state index is 2.00. The molecule has 0 aliphatic heterocycles. The first-order valence-corrected chi connectivity index (χ1v) is 2.45. The summed E-state index contributed by atoms with van der Waals surface area (Å²) < 4.78 is 2.00. The molecule has 0 atom stereocenters. The summed E-state index contributed by atoms with van der Waals surface area (Å²) in [7, 11) is 2.00. The number of hydrogen-bond acceptors (Lipinski definition) is 0. The first kappa shape index (κ1) is 6.41. The fraction of sp³-hybridized carbons (Fsp3) is 0.500. The summed E-state index contributed by atoms with van der Waals surface area (Å²) >= 11 is 0. The Hall–Kier alpha value is -0.590. The zero-order valence-corrected chi connectivity index (χ0v) is 5.18. The SMILES string of the molecule is CC=C[N+](C)=CC. The fourth-order valence-corrected chi connectivity index (χ4v) is 0.321. The van der Waals surface area contributed by atoms with Crippen LogP contribution < -0.4 is 0 Å². The predicted molar refractivity (Wildman–Crippen MR) is 32.7 cm³/mol. The lowest BCUT2D eigenvalue weighted by Gasteiger charge is -1.77. The van der Waals surface area contributed by atoms with Crippen molar-refractivity contribution in [2.24, 2.45) is 0 Å². The van der Waals surface area contributed by atoms with Crippen molar-refractivity contribution in [3.63, 3.8) is 0 Å². The van der Waals surface area contributed by atoms with Crippen LogP contribution in [0.25, 0.3) is 0 Å². The van der Waals surface area contributed by atoms with Gasteiger partial charge in [-0.05, 0) is 13.0 Å². The Balaban J connectivity index is 3.58. The van der Waals surface area contributed by atoms with Gasteiger partial charge in [0.1, 0.15) is 13.3 Å². The third kappa shape index (κ3) is 3.23. The van der Waals surface area contributed by atoms with Crippen LogP contribution in [0.3, 0.4) is 0 Å². The monoisotopic (exact) mass is 98.1 g/mol. The first-order chi connectivity index (χ1) is 3.31.